The Morgan fingerprint density at radius 3 is 2.67 bits per heavy atom. The SMILES string of the molecule is CCCOCOC(=O)Oc1ccccc1. The highest BCUT2D eigenvalue weighted by Crippen LogP contribution is 2.08. The largest absolute Gasteiger partial charge is 0.515 e. The van der Waals surface area contributed by atoms with E-state index in [9.17, 15) is 4.79 Å². The minimum Gasteiger partial charge on any atom is -0.407 e. The summed E-state index contributed by atoms with van der Waals surface area (Å²) in [5, 5.41) is 0. The van der Waals surface area contributed by atoms with Gasteiger partial charge in [0.05, 0.1) is 6.61 Å². The smallest absolute Gasteiger partial charge is 0.407 e. The van der Waals surface area contributed by atoms with Crippen molar-refractivity contribution in [3.63, 3.8) is 0 Å². The Morgan fingerprint density at radius 2 is 2.00 bits per heavy atom. The van der Waals surface area contributed by atoms with Crippen LogP contribution in [0, 0.1) is 0 Å². The number of carbonyl (C=O) groups excluding carboxylic acids is 1. The van der Waals surface area contributed by atoms with Crippen molar-refractivity contribution in [2.24, 2.45) is 0 Å². The predicted molar refractivity (Wildman–Crippen MR) is 54.7 cm³/mol. The lowest BCUT2D eigenvalue weighted by Crippen LogP contribution is -2.13. The molecule has 0 saturated heterocycles. The summed E-state index contributed by atoms with van der Waals surface area (Å²) in [5.74, 6) is 0.456. The lowest BCUT2D eigenvalue weighted by molar-refractivity contribution is -0.0302. The monoisotopic (exact) mass is 210 g/mol. The standard InChI is InChI=1S/C11H14O4/c1-2-8-13-9-14-11(12)15-10-6-4-3-5-7-10/h3-7H,2,8-9H2,1H3. The number of carbonyl (C=O) groups is 1. The third kappa shape index (κ3) is 5.02. The van der Waals surface area contributed by atoms with Gasteiger partial charge in [0.15, 0.2) is 6.79 Å². The van der Waals surface area contributed by atoms with Gasteiger partial charge in [0.2, 0.25) is 0 Å². The van der Waals surface area contributed by atoms with Crippen molar-refractivity contribution in [1.82, 2.24) is 0 Å². The first kappa shape index (κ1) is 11.5. The van der Waals surface area contributed by atoms with Gasteiger partial charge in [-0.05, 0) is 18.6 Å². The molecule has 0 unspecified atom stereocenters. The van der Waals surface area contributed by atoms with Gasteiger partial charge in [-0.1, -0.05) is 25.1 Å². The Hall–Kier alpha value is -1.55. The van der Waals surface area contributed by atoms with Crippen LogP contribution in [0.5, 0.6) is 5.75 Å². The second kappa shape index (κ2) is 6.84. The summed E-state index contributed by atoms with van der Waals surface area (Å²) < 4.78 is 14.5. The van der Waals surface area contributed by atoms with Gasteiger partial charge in [-0.3, -0.25) is 0 Å². The number of benzene rings is 1. The Morgan fingerprint density at radius 1 is 1.27 bits per heavy atom. The average molecular weight is 210 g/mol. The third-order valence-corrected chi connectivity index (χ3v) is 1.55. The molecule has 0 amide bonds. The fourth-order valence-electron chi connectivity index (χ4n) is 0.907. The summed E-state index contributed by atoms with van der Waals surface area (Å²) in [6.45, 7) is 2.47. The maximum Gasteiger partial charge on any atom is 0.515 e. The van der Waals surface area contributed by atoms with E-state index in [2.05, 4.69) is 4.74 Å². The van der Waals surface area contributed by atoms with E-state index in [1.54, 1.807) is 24.3 Å². The molecule has 0 heterocycles. The molecule has 0 bridgehead atoms. The molecule has 0 atom stereocenters. The number of ether oxygens (including phenoxy) is 3. The van der Waals surface area contributed by atoms with Crippen LogP contribution in [-0.2, 0) is 9.47 Å². The fourth-order valence-corrected chi connectivity index (χ4v) is 0.907. The molecule has 0 spiro atoms. The summed E-state index contributed by atoms with van der Waals surface area (Å²) in [5.41, 5.74) is 0. The molecule has 0 N–H and O–H groups in total. The Labute approximate surface area is 88.8 Å². The van der Waals surface area contributed by atoms with Gasteiger partial charge in [-0.25, -0.2) is 4.79 Å². The molecule has 15 heavy (non-hydrogen) atoms. The molecule has 0 radical (unpaired) electrons. The van der Waals surface area contributed by atoms with Gasteiger partial charge in [-0.2, -0.15) is 0 Å². The van der Waals surface area contributed by atoms with E-state index in [0.29, 0.717) is 12.4 Å². The minimum atomic E-state index is -0.752. The summed E-state index contributed by atoms with van der Waals surface area (Å²) in [4.78, 5) is 11.1. The van der Waals surface area contributed by atoms with Crippen molar-refractivity contribution in [1.29, 1.82) is 0 Å². The molecule has 0 aromatic heterocycles. The average Bonchev–Trinajstić information content (AvgIpc) is 2.26. The molecule has 0 aliphatic heterocycles. The van der Waals surface area contributed by atoms with Crippen LogP contribution < -0.4 is 4.74 Å². The first-order valence-corrected chi connectivity index (χ1v) is 4.80. The van der Waals surface area contributed by atoms with Crippen LogP contribution in [0.3, 0.4) is 0 Å². The van der Waals surface area contributed by atoms with Crippen LogP contribution >= 0.6 is 0 Å². The number of rotatable bonds is 5. The molecule has 82 valence electrons. The van der Waals surface area contributed by atoms with Gasteiger partial charge in [0, 0.05) is 0 Å². The first-order valence-electron chi connectivity index (χ1n) is 4.80. The lowest BCUT2D eigenvalue weighted by Gasteiger charge is -2.05. The molecule has 0 fully saturated rings. The van der Waals surface area contributed by atoms with Crippen LogP contribution in [0.15, 0.2) is 30.3 Å². The topological polar surface area (TPSA) is 44.8 Å². The molecule has 4 nitrogen and oxygen atoms in total. The van der Waals surface area contributed by atoms with Crippen molar-refractivity contribution >= 4 is 6.16 Å². The number of para-hydroxylation sites is 1. The van der Waals surface area contributed by atoms with Crippen LogP contribution in [0.1, 0.15) is 13.3 Å². The zero-order valence-electron chi connectivity index (χ0n) is 8.64. The maximum atomic E-state index is 11.1. The van der Waals surface area contributed by atoms with E-state index in [1.807, 2.05) is 13.0 Å². The Balaban J connectivity index is 2.19. The van der Waals surface area contributed by atoms with Gasteiger partial charge >= 0.3 is 6.16 Å². The van der Waals surface area contributed by atoms with E-state index in [-0.39, 0.29) is 6.79 Å². The minimum absolute atomic E-state index is 0.0699. The molecular weight excluding hydrogens is 196 g/mol. The van der Waals surface area contributed by atoms with E-state index in [0.717, 1.165) is 6.42 Å². The molecule has 4 heteroatoms. The second-order valence-electron chi connectivity index (χ2n) is 2.84. The fraction of sp³-hybridized carbons (Fsp3) is 0.364. The van der Waals surface area contributed by atoms with Crippen LogP contribution in [0.25, 0.3) is 0 Å². The highest BCUT2D eigenvalue weighted by Gasteiger charge is 2.04. The molecule has 0 saturated carbocycles. The van der Waals surface area contributed by atoms with Crippen molar-refractivity contribution in [3.05, 3.63) is 30.3 Å². The highest BCUT2D eigenvalue weighted by atomic mass is 16.8. The molecule has 1 rings (SSSR count). The van der Waals surface area contributed by atoms with E-state index >= 15 is 0 Å². The van der Waals surface area contributed by atoms with Gasteiger partial charge < -0.3 is 14.2 Å². The molecular formula is C11H14O4. The summed E-state index contributed by atoms with van der Waals surface area (Å²) in [6.07, 6.45) is 0.134. The predicted octanol–water partition coefficient (Wildman–Crippen LogP) is 2.59. The van der Waals surface area contributed by atoms with Gasteiger partial charge in [-0.15, -0.1) is 0 Å². The molecule has 0 aliphatic carbocycles. The maximum absolute atomic E-state index is 11.1. The van der Waals surface area contributed by atoms with E-state index < -0.39 is 6.16 Å². The highest BCUT2D eigenvalue weighted by molar-refractivity contribution is 5.63. The van der Waals surface area contributed by atoms with Crippen molar-refractivity contribution < 1.29 is 19.0 Å². The van der Waals surface area contributed by atoms with Crippen LogP contribution in [-0.4, -0.2) is 19.6 Å². The normalized spacial score (nSPS) is 9.67. The van der Waals surface area contributed by atoms with Crippen molar-refractivity contribution in [2.45, 2.75) is 13.3 Å². The molecule has 0 aliphatic rings. The van der Waals surface area contributed by atoms with Crippen molar-refractivity contribution in [3.8, 4) is 5.75 Å². The van der Waals surface area contributed by atoms with E-state index in [1.165, 1.54) is 0 Å². The zero-order chi connectivity index (χ0) is 10.9. The first-order chi connectivity index (χ1) is 7.33. The van der Waals surface area contributed by atoms with Crippen LogP contribution in [0.2, 0.25) is 0 Å². The Bertz CT molecular complexity index is 284. The quantitative estimate of drug-likeness (QED) is 0.324. The second-order valence-corrected chi connectivity index (χ2v) is 2.84. The third-order valence-electron chi connectivity index (χ3n) is 1.55. The van der Waals surface area contributed by atoms with Crippen molar-refractivity contribution in [2.75, 3.05) is 13.4 Å². The Kier molecular flexibility index (Phi) is 5.25. The lowest BCUT2D eigenvalue weighted by atomic mass is 10.3. The molecule has 1 aromatic carbocycles. The van der Waals surface area contributed by atoms with Gasteiger partial charge in [0.1, 0.15) is 5.75 Å². The molecule has 1 aromatic rings. The summed E-state index contributed by atoms with van der Waals surface area (Å²) in [6, 6.07) is 8.73. The summed E-state index contributed by atoms with van der Waals surface area (Å²) in [7, 11) is 0. The van der Waals surface area contributed by atoms with Gasteiger partial charge in [0.25, 0.3) is 0 Å². The number of hydrogen-bond donors (Lipinski definition) is 0. The van der Waals surface area contributed by atoms with E-state index in [4.69, 9.17) is 9.47 Å². The van der Waals surface area contributed by atoms with Crippen LogP contribution in [0.4, 0.5) is 4.79 Å². The number of hydrogen-bond acceptors (Lipinski definition) is 4. The zero-order valence-corrected chi connectivity index (χ0v) is 8.64. The summed E-state index contributed by atoms with van der Waals surface area (Å²) >= 11 is 0.